The van der Waals surface area contributed by atoms with Crippen LogP contribution in [0, 0.1) is 18.3 Å². The van der Waals surface area contributed by atoms with Gasteiger partial charge >= 0.3 is 0 Å². The number of benzene rings is 2. The lowest BCUT2D eigenvalue weighted by atomic mass is 10.2. The van der Waals surface area contributed by atoms with E-state index in [-0.39, 0.29) is 18.4 Å². The number of nitrogens with zero attached hydrogens (tertiary/aromatic N) is 1. The molecule has 0 aliphatic carbocycles. The Kier molecular flexibility index (Phi) is 9.26. The van der Waals surface area contributed by atoms with Gasteiger partial charge in [0, 0.05) is 24.8 Å². The molecule has 1 unspecified atom stereocenters. The van der Waals surface area contributed by atoms with Crippen molar-refractivity contribution < 1.29 is 9.53 Å². The molecule has 29 heavy (non-hydrogen) atoms. The van der Waals surface area contributed by atoms with Crippen LogP contribution >= 0.6 is 0 Å². The molecule has 6 nitrogen and oxygen atoms in total. The molecule has 2 aromatic carbocycles. The van der Waals surface area contributed by atoms with E-state index in [4.69, 9.17) is 11.2 Å². The average molecular weight is 393 g/mol. The van der Waals surface area contributed by atoms with Gasteiger partial charge in [-0.2, -0.15) is 0 Å². The quantitative estimate of drug-likeness (QED) is 0.348. The van der Waals surface area contributed by atoms with E-state index in [9.17, 15) is 4.79 Å². The highest BCUT2D eigenvalue weighted by Gasteiger charge is 2.07. The Balaban J connectivity index is 1.66. The summed E-state index contributed by atoms with van der Waals surface area (Å²) in [4.78, 5) is 16.3. The lowest BCUT2D eigenvalue weighted by Gasteiger charge is -2.16. The Morgan fingerprint density at radius 2 is 1.97 bits per heavy atom. The summed E-state index contributed by atoms with van der Waals surface area (Å²) >= 11 is 0. The van der Waals surface area contributed by atoms with Crippen LogP contribution in [0.3, 0.4) is 0 Å². The van der Waals surface area contributed by atoms with Gasteiger partial charge in [0.15, 0.2) is 5.96 Å². The number of nitrogens with one attached hydrogen (secondary N) is 3. The molecule has 0 spiro atoms. The minimum Gasteiger partial charge on any atom is -0.376 e. The molecule has 0 aromatic heterocycles. The molecule has 0 fully saturated rings. The lowest BCUT2D eigenvalue weighted by molar-refractivity contribution is -0.115. The summed E-state index contributed by atoms with van der Waals surface area (Å²) in [6.45, 7) is 4.10. The molecule has 2 rings (SSSR count). The fraction of sp³-hybridized carbons (Fsp3) is 0.304. The van der Waals surface area contributed by atoms with Crippen molar-refractivity contribution in [3.63, 3.8) is 0 Å². The van der Waals surface area contributed by atoms with Gasteiger partial charge in [-0.1, -0.05) is 49.2 Å². The molecule has 1 atom stereocenters. The standard InChI is InChI=1S/C23H28N4O2/c1-4-19-11-8-12-21(13-19)27-22(28)15-26-23(24-3)25-14-18(2)16-29-17-20-9-6-5-7-10-20/h1,5-13,18H,14-17H2,2-3H3,(H,27,28)(H2,24,25,26). The Bertz CT molecular complexity index is 843. The highest BCUT2D eigenvalue weighted by Crippen LogP contribution is 2.09. The summed E-state index contributed by atoms with van der Waals surface area (Å²) in [5.41, 5.74) is 2.54. The minimum atomic E-state index is -0.179. The van der Waals surface area contributed by atoms with E-state index in [1.807, 2.05) is 36.4 Å². The van der Waals surface area contributed by atoms with Gasteiger partial charge in [-0.15, -0.1) is 6.42 Å². The van der Waals surface area contributed by atoms with Gasteiger partial charge in [0.05, 0.1) is 19.8 Å². The van der Waals surface area contributed by atoms with Crippen LogP contribution in [0.2, 0.25) is 0 Å². The Morgan fingerprint density at radius 1 is 1.17 bits per heavy atom. The van der Waals surface area contributed by atoms with Gasteiger partial charge in [0.25, 0.3) is 0 Å². The van der Waals surface area contributed by atoms with Crippen LogP contribution in [-0.4, -0.2) is 38.6 Å². The molecule has 3 N–H and O–H groups in total. The number of hydrogen-bond donors (Lipinski definition) is 3. The van der Waals surface area contributed by atoms with E-state index in [0.29, 0.717) is 31.4 Å². The molecule has 6 heteroatoms. The van der Waals surface area contributed by atoms with E-state index < -0.39 is 0 Å². The van der Waals surface area contributed by atoms with Crippen LogP contribution in [0.5, 0.6) is 0 Å². The summed E-state index contributed by atoms with van der Waals surface area (Å²) in [6.07, 6.45) is 5.38. The number of carbonyl (C=O) groups is 1. The molecule has 152 valence electrons. The SMILES string of the molecule is C#Cc1cccc(NC(=O)CNC(=NC)NCC(C)COCc2ccccc2)c1. The first-order chi connectivity index (χ1) is 14.1. The van der Waals surface area contributed by atoms with Gasteiger partial charge in [-0.05, 0) is 29.7 Å². The molecule has 0 saturated heterocycles. The highest BCUT2D eigenvalue weighted by atomic mass is 16.5. The van der Waals surface area contributed by atoms with Crippen LogP contribution < -0.4 is 16.0 Å². The van der Waals surface area contributed by atoms with E-state index in [1.165, 1.54) is 0 Å². The fourth-order valence-corrected chi connectivity index (χ4v) is 2.56. The molecule has 0 bridgehead atoms. The molecule has 1 amide bonds. The monoisotopic (exact) mass is 392 g/mol. The zero-order valence-corrected chi connectivity index (χ0v) is 16.9. The second kappa shape index (κ2) is 12.2. The maximum atomic E-state index is 12.1. The average Bonchev–Trinajstić information content (AvgIpc) is 2.74. The summed E-state index contributed by atoms with van der Waals surface area (Å²) in [7, 11) is 1.67. The number of ether oxygens (including phenoxy) is 1. The second-order valence-electron chi connectivity index (χ2n) is 6.69. The van der Waals surface area contributed by atoms with E-state index in [2.05, 4.69) is 33.8 Å². The van der Waals surface area contributed by atoms with Crippen LogP contribution in [0.15, 0.2) is 59.6 Å². The maximum absolute atomic E-state index is 12.1. The number of carbonyl (C=O) groups excluding carboxylic acids is 1. The third-order valence-corrected chi connectivity index (χ3v) is 4.08. The van der Waals surface area contributed by atoms with E-state index >= 15 is 0 Å². The predicted octanol–water partition coefficient (Wildman–Crippen LogP) is 2.62. The van der Waals surface area contributed by atoms with Crippen molar-refractivity contribution in [2.24, 2.45) is 10.9 Å². The molecular weight excluding hydrogens is 364 g/mol. The van der Waals surface area contributed by atoms with Gasteiger partial charge in [0.1, 0.15) is 0 Å². The van der Waals surface area contributed by atoms with Gasteiger partial charge in [0.2, 0.25) is 5.91 Å². The summed E-state index contributed by atoms with van der Waals surface area (Å²) in [5.74, 6) is 3.22. The number of anilines is 1. The number of hydrogen-bond acceptors (Lipinski definition) is 3. The first-order valence-electron chi connectivity index (χ1n) is 9.53. The third kappa shape index (κ3) is 8.50. The lowest BCUT2D eigenvalue weighted by Crippen LogP contribution is -2.43. The zero-order chi connectivity index (χ0) is 20.9. The number of aliphatic imine (C=N–C) groups is 1. The molecule has 0 aliphatic heterocycles. The van der Waals surface area contributed by atoms with Crippen molar-refractivity contribution >= 4 is 17.6 Å². The summed E-state index contributed by atoms with van der Waals surface area (Å²) in [6, 6.07) is 17.2. The first-order valence-corrected chi connectivity index (χ1v) is 9.53. The van der Waals surface area contributed by atoms with E-state index in [1.54, 1.807) is 25.2 Å². The van der Waals surface area contributed by atoms with Crippen molar-refractivity contribution in [3.05, 3.63) is 65.7 Å². The van der Waals surface area contributed by atoms with Crippen molar-refractivity contribution in [2.75, 3.05) is 32.1 Å². The molecule has 0 saturated carbocycles. The number of rotatable bonds is 9. The van der Waals surface area contributed by atoms with Crippen molar-refractivity contribution in [1.29, 1.82) is 0 Å². The smallest absolute Gasteiger partial charge is 0.243 e. The highest BCUT2D eigenvalue weighted by molar-refractivity contribution is 5.95. The number of terminal acetylenes is 1. The van der Waals surface area contributed by atoms with E-state index in [0.717, 1.165) is 11.1 Å². The molecule has 0 heterocycles. The van der Waals surface area contributed by atoms with Crippen LogP contribution in [0.25, 0.3) is 0 Å². The summed E-state index contributed by atoms with van der Waals surface area (Å²) < 4.78 is 5.75. The fourth-order valence-electron chi connectivity index (χ4n) is 2.56. The number of guanidine groups is 1. The topological polar surface area (TPSA) is 74.8 Å². The van der Waals surface area contributed by atoms with Gasteiger partial charge < -0.3 is 20.7 Å². The van der Waals surface area contributed by atoms with Crippen molar-refractivity contribution in [3.8, 4) is 12.3 Å². The van der Waals surface area contributed by atoms with Crippen LogP contribution in [-0.2, 0) is 16.1 Å². The maximum Gasteiger partial charge on any atom is 0.243 e. The second-order valence-corrected chi connectivity index (χ2v) is 6.69. The predicted molar refractivity (Wildman–Crippen MR) is 118 cm³/mol. The molecule has 2 aromatic rings. The number of amides is 1. The Labute approximate surface area is 172 Å². The molecule has 0 radical (unpaired) electrons. The van der Waals surface area contributed by atoms with Crippen molar-refractivity contribution in [2.45, 2.75) is 13.5 Å². The van der Waals surface area contributed by atoms with Crippen LogP contribution in [0.1, 0.15) is 18.1 Å². The van der Waals surface area contributed by atoms with Crippen LogP contribution in [0.4, 0.5) is 5.69 Å². The largest absolute Gasteiger partial charge is 0.376 e. The molecular formula is C23H28N4O2. The third-order valence-electron chi connectivity index (χ3n) is 4.08. The summed E-state index contributed by atoms with van der Waals surface area (Å²) in [5, 5.41) is 9.01. The Hall–Kier alpha value is -3.30. The minimum absolute atomic E-state index is 0.0961. The van der Waals surface area contributed by atoms with Gasteiger partial charge in [-0.3, -0.25) is 9.79 Å². The first kappa shape index (κ1) is 22.0. The normalized spacial score (nSPS) is 12.0. The zero-order valence-electron chi connectivity index (χ0n) is 16.9. The van der Waals surface area contributed by atoms with Crippen molar-refractivity contribution in [1.82, 2.24) is 10.6 Å². The molecule has 0 aliphatic rings. The Morgan fingerprint density at radius 3 is 2.69 bits per heavy atom. The van der Waals surface area contributed by atoms with Gasteiger partial charge in [-0.25, -0.2) is 0 Å².